The first-order chi connectivity index (χ1) is 23.2. The molecule has 0 spiro atoms. The number of alkyl carbamates (subject to hydrolysis) is 1. The summed E-state index contributed by atoms with van der Waals surface area (Å²) in [6.07, 6.45) is -0.413. The highest BCUT2D eigenvalue weighted by Crippen LogP contribution is 2.08. The molecule has 0 saturated heterocycles. The number of carbonyl (C=O) groups is 4. The summed E-state index contributed by atoms with van der Waals surface area (Å²) in [6, 6.07) is -0.309. The standard InChI is InChI=1S/C32H61N3O14/c1-31(2,3)48-28(38)8-14-42-20-24-46-18-12-35(11-17-45-23-19-41-13-7-27(36)37)29(39)33-9-15-43-21-25-47-26-22-44-16-10-34-30(40)49-32(4,5)6/h7-26H2,1-6H3,(H,33,39)(H,34,40)(H,36,37). The molecule has 17 heteroatoms. The maximum atomic E-state index is 12.8. The topological polar surface area (TPSA) is 199 Å². The molecule has 0 saturated carbocycles. The Morgan fingerprint density at radius 1 is 0.510 bits per heavy atom. The van der Waals surface area contributed by atoms with E-state index in [1.54, 1.807) is 46.4 Å². The molecule has 0 atom stereocenters. The number of nitrogens with zero attached hydrogens (tertiary/aromatic N) is 1. The Labute approximate surface area is 290 Å². The van der Waals surface area contributed by atoms with Crippen LogP contribution in [0.2, 0.25) is 0 Å². The number of rotatable bonds is 30. The molecule has 0 heterocycles. The molecule has 0 aliphatic carbocycles. The molecule has 0 rings (SSSR count). The minimum absolute atomic E-state index is 0.0770. The van der Waals surface area contributed by atoms with Crippen LogP contribution < -0.4 is 10.6 Å². The van der Waals surface area contributed by atoms with E-state index in [0.717, 1.165) is 0 Å². The molecule has 0 radical (unpaired) electrons. The van der Waals surface area contributed by atoms with Crippen LogP contribution in [0.5, 0.6) is 0 Å². The Morgan fingerprint density at radius 2 is 0.898 bits per heavy atom. The van der Waals surface area contributed by atoms with Crippen LogP contribution >= 0.6 is 0 Å². The monoisotopic (exact) mass is 711 g/mol. The van der Waals surface area contributed by atoms with Crippen LogP contribution in [0.1, 0.15) is 54.4 Å². The lowest BCUT2D eigenvalue weighted by atomic mass is 10.2. The van der Waals surface area contributed by atoms with Crippen molar-refractivity contribution >= 4 is 24.1 Å². The number of urea groups is 1. The van der Waals surface area contributed by atoms with Gasteiger partial charge in [0, 0.05) is 26.2 Å². The van der Waals surface area contributed by atoms with Gasteiger partial charge < -0.3 is 63.3 Å². The SMILES string of the molecule is CC(C)(C)OC(=O)CCOCCOCCN(CCOCCOCCC(=O)O)C(=O)NCCOCCOCCOCCNC(=O)OC(C)(C)C. The van der Waals surface area contributed by atoms with E-state index in [4.69, 9.17) is 47.7 Å². The van der Waals surface area contributed by atoms with Crippen LogP contribution in [-0.4, -0.2) is 164 Å². The summed E-state index contributed by atoms with van der Waals surface area (Å²) in [5.74, 6) is -1.26. The van der Waals surface area contributed by atoms with Crippen molar-refractivity contribution in [3.05, 3.63) is 0 Å². The predicted octanol–water partition coefficient (Wildman–Crippen LogP) is 1.85. The maximum Gasteiger partial charge on any atom is 0.407 e. The van der Waals surface area contributed by atoms with Gasteiger partial charge in [-0.05, 0) is 41.5 Å². The summed E-state index contributed by atoms with van der Waals surface area (Å²) in [4.78, 5) is 48.2. The smallest absolute Gasteiger partial charge is 0.407 e. The van der Waals surface area contributed by atoms with Gasteiger partial charge in [-0.3, -0.25) is 9.59 Å². The third-order valence-corrected chi connectivity index (χ3v) is 5.55. The van der Waals surface area contributed by atoms with Crippen molar-refractivity contribution in [3.63, 3.8) is 0 Å². The highest BCUT2D eigenvalue weighted by Gasteiger charge is 2.17. The number of hydrogen-bond acceptors (Lipinski definition) is 13. The van der Waals surface area contributed by atoms with Gasteiger partial charge in [-0.25, -0.2) is 9.59 Å². The number of esters is 1. The summed E-state index contributed by atoms with van der Waals surface area (Å²) in [7, 11) is 0. The van der Waals surface area contributed by atoms with E-state index in [0.29, 0.717) is 65.9 Å². The van der Waals surface area contributed by atoms with Crippen molar-refractivity contribution in [3.8, 4) is 0 Å². The molecule has 0 aliphatic heterocycles. The van der Waals surface area contributed by atoms with Crippen molar-refractivity contribution in [2.75, 3.05) is 119 Å². The lowest BCUT2D eigenvalue weighted by Gasteiger charge is -2.23. The minimum atomic E-state index is -0.930. The third-order valence-electron chi connectivity index (χ3n) is 5.55. The molecule has 49 heavy (non-hydrogen) atoms. The number of hydrogen-bond donors (Lipinski definition) is 3. The maximum absolute atomic E-state index is 12.8. The molecule has 0 aromatic carbocycles. The van der Waals surface area contributed by atoms with Gasteiger partial charge in [0.25, 0.3) is 0 Å². The van der Waals surface area contributed by atoms with E-state index in [9.17, 15) is 19.2 Å². The average Bonchev–Trinajstić information content (AvgIpc) is 2.98. The second kappa shape index (κ2) is 29.0. The fourth-order valence-electron chi connectivity index (χ4n) is 3.44. The van der Waals surface area contributed by atoms with Crippen molar-refractivity contribution in [2.24, 2.45) is 0 Å². The normalized spacial score (nSPS) is 11.6. The van der Waals surface area contributed by atoms with E-state index in [-0.39, 0.29) is 77.6 Å². The first kappa shape index (κ1) is 46.2. The number of aliphatic carboxylic acids is 1. The predicted molar refractivity (Wildman–Crippen MR) is 178 cm³/mol. The Morgan fingerprint density at radius 3 is 1.35 bits per heavy atom. The molecule has 17 nitrogen and oxygen atoms in total. The fourth-order valence-corrected chi connectivity index (χ4v) is 3.44. The van der Waals surface area contributed by atoms with Crippen LogP contribution in [0.4, 0.5) is 9.59 Å². The molecule has 0 aliphatic rings. The summed E-state index contributed by atoms with van der Waals surface area (Å²) in [5.41, 5.74) is -1.09. The van der Waals surface area contributed by atoms with Gasteiger partial charge in [-0.15, -0.1) is 0 Å². The van der Waals surface area contributed by atoms with Crippen molar-refractivity contribution in [1.29, 1.82) is 0 Å². The molecule has 0 fully saturated rings. The van der Waals surface area contributed by atoms with Gasteiger partial charge in [0.2, 0.25) is 0 Å². The number of carbonyl (C=O) groups excluding carboxylic acids is 3. The van der Waals surface area contributed by atoms with E-state index in [1.807, 2.05) is 0 Å². The molecule has 0 unspecified atom stereocenters. The van der Waals surface area contributed by atoms with Crippen LogP contribution in [-0.2, 0) is 52.2 Å². The Hall–Kier alpha value is -2.80. The second-order valence-electron chi connectivity index (χ2n) is 12.4. The molecule has 3 amide bonds. The number of carboxylic acids is 1. The van der Waals surface area contributed by atoms with Crippen LogP contribution in [0.25, 0.3) is 0 Å². The molecule has 288 valence electrons. The number of amides is 3. The Balaban J connectivity index is 4.14. The van der Waals surface area contributed by atoms with Gasteiger partial charge in [-0.2, -0.15) is 0 Å². The Bertz CT molecular complexity index is 880. The first-order valence-electron chi connectivity index (χ1n) is 16.7. The molecule has 0 bridgehead atoms. The minimum Gasteiger partial charge on any atom is -0.481 e. The zero-order valence-electron chi connectivity index (χ0n) is 30.3. The van der Waals surface area contributed by atoms with Gasteiger partial charge in [-0.1, -0.05) is 0 Å². The average molecular weight is 712 g/mol. The lowest BCUT2D eigenvalue weighted by Crippen LogP contribution is -2.44. The summed E-state index contributed by atoms with van der Waals surface area (Å²) >= 11 is 0. The van der Waals surface area contributed by atoms with Gasteiger partial charge >= 0.3 is 24.1 Å². The zero-order chi connectivity index (χ0) is 36.8. The molecule has 0 aromatic rings. The van der Waals surface area contributed by atoms with Crippen LogP contribution in [0.3, 0.4) is 0 Å². The van der Waals surface area contributed by atoms with E-state index < -0.39 is 23.3 Å². The molecular formula is C32H61N3O14. The molecule has 0 aromatic heterocycles. The first-order valence-corrected chi connectivity index (χ1v) is 16.7. The van der Waals surface area contributed by atoms with Crippen molar-refractivity contribution in [2.45, 2.75) is 65.6 Å². The Kier molecular flexibility index (Phi) is 27.3. The molecule has 3 N–H and O–H groups in total. The second-order valence-corrected chi connectivity index (χ2v) is 12.4. The van der Waals surface area contributed by atoms with Gasteiger partial charge in [0.05, 0.1) is 105 Å². The number of carboxylic acid groups (broad SMARTS) is 1. The summed E-state index contributed by atoms with van der Waals surface area (Å²) < 4.78 is 48.5. The number of nitrogens with one attached hydrogen (secondary N) is 2. The quantitative estimate of drug-likeness (QED) is 0.0720. The highest BCUT2D eigenvalue weighted by molar-refractivity contribution is 5.74. The van der Waals surface area contributed by atoms with Crippen LogP contribution in [0.15, 0.2) is 0 Å². The largest absolute Gasteiger partial charge is 0.481 e. The van der Waals surface area contributed by atoms with E-state index in [1.165, 1.54) is 0 Å². The van der Waals surface area contributed by atoms with Crippen molar-refractivity contribution in [1.82, 2.24) is 15.5 Å². The third kappa shape index (κ3) is 34.8. The lowest BCUT2D eigenvalue weighted by molar-refractivity contribution is -0.156. The fraction of sp³-hybridized carbons (Fsp3) is 0.875. The van der Waals surface area contributed by atoms with Gasteiger partial charge in [0.15, 0.2) is 0 Å². The van der Waals surface area contributed by atoms with E-state index in [2.05, 4.69) is 10.6 Å². The zero-order valence-corrected chi connectivity index (χ0v) is 30.3. The summed E-state index contributed by atoms with van der Waals surface area (Å²) in [6.45, 7) is 16.0. The van der Waals surface area contributed by atoms with Crippen molar-refractivity contribution < 1.29 is 66.9 Å². The van der Waals surface area contributed by atoms with E-state index >= 15 is 0 Å². The van der Waals surface area contributed by atoms with Crippen LogP contribution in [0, 0.1) is 0 Å². The number of ether oxygens (including phenoxy) is 9. The molecular weight excluding hydrogens is 650 g/mol. The highest BCUT2D eigenvalue weighted by atomic mass is 16.6. The van der Waals surface area contributed by atoms with Gasteiger partial charge in [0.1, 0.15) is 11.2 Å². The summed E-state index contributed by atoms with van der Waals surface area (Å²) in [5, 5.41) is 14.1.